The van der Waals surface area contributed by atoms with Gasteiger partial charge in [-0.1, -0.05) is 17.8 Å². The van der Waals surface area contributed by atoms with E-state index in [0.717, 1.165) is 22.9 Å². The maximum atomic E-state index is 4.62. The molecule has 3 aliphatic rings. The Hall–Kier alpha value is -1.88. The summed E-state index contributed by atoms with van der Waals surface area (Å²) in [5, 5.41) is 15.7. The number of fused-ring (bicyclic) bond motifs is 2. The van der Waals surface area contributed by atoms with Gasteiger partial charge in [-0.15, -0.1) is 5.10 Å². The molecule has 0 unspecified atom stereocenters. The third kappa shape index (κ3) is 3.27. The third-order valence-electron chi connectivity index (χ3n) is 5.97. The highest BCUT2D eigenvalue weighted by Gasteiger charge is 2.26. The summed E-state index contributed by atoms with van der Waals surface area (Å²) in [6.45, 7) is 4.29. The van der Waals surface area contributed by atoms with Crippen molar-refractivity contribution in [2.24, 2.45) is 10.2 Å². The molecule has 140 valence electrons. The molecule has 1 aromatic carbocycles. The fourth-order valence-corrected chi connectivity index (χ4v) is 5.49. The second-order valence-corrected chi connectivity index (χ2v) is 9.27. The molecule has 1 aliphatic heterocycles. The molecule has 27 heavy (non-hydrogen) atoms. The number of rotatable bonds is 4. The number of nitrogens with zero attached hydrogens (tertiary/aromatic N) is 4. The Balaban J connectivity index is 1.30. The van der Waals surface area contributed by atoms with Gasteiger partial charge in [0.25, 0.3) is 0 Å². The Kier molecular flexibility index (Phi) is 4.43. The topological polar surface area (TPSA) is 42.5 Å². The van der Waals surface area contributed by atoms with Crippen molar-refractivity contribution in [2.45, 2.75) is 76.3 Å². The van der Waals surface area contributed by atoms with E-state index in [9.17, 15) is 0 Å². The number of aromatic nitrogens is 2. The average Bonchev–Trinajstić information content (AvgIpc) is 3.41. The van der Waals surface area contributed by atoms with Gasteiger partial charge in [-0.25, -0.2) is 0 Å². The van der Waals surface area contributed by atoms with E-state index < -0.39 is 0 Å². The van der Waals surface area contributed by atoms with Crippen molar-refractivity contribution in [3.63, 3.8) is 0 Å². The standard InChI is InChI=1S/C22H26N4S/c1-14(2)26-10-9-21(25-26)27-22-13-17(23-24-22)12-20-18-7-3-5-15(18)11-16-6-4-8-19(16)20/h9-11,14H,3-8,12-13H2,1-2H3. The smallest absolute Gasteiger partial charge is 0.124 e. The fourth-order valence-electron chi connectivity index (χ4n) is 4.66. The summed E-state index contributed by atoms with van der Waals surface area (Å²) in [5.74, 6) is 0. The highest BCUT2D eigenvalue weighted by Crippen LogP contribution is 2.36. The Morgan fingerprint density at radius 3 is 2.44 bits per heavy atom. The molecule has 0 spiro atoms. The summed E-state index contributed by atoms with van der Waals surface area (Å²) in [7, 11) is 0. The van der Waals surface area contributed by atoms with Gasteiger partial charge in [0, 0.05) is 25.1 Å². The lowest BCUT2D eigenvalue weighted by atomic mass is 9.90. The fraction of sp³-hybridized carbons (Fsp3) is 0.500. The highest BCUT2D eigenvalue weighted by molar-refractivity contribution is 8.14. The first-order chi connectivity index (χ1) is 13.2. The van der Waals surface area contributed by atoms with Crippen molar-refractivity contribution in [1.82, 2.24) is 9.78 Å². The molecule has 0 bridgehead atoms. The Bertz CT molecular complexity index is 919. The van der Waals surface area contributed by atoms with Gasteiger partial charge < -0.3 is 0 Å². The first kappa shape index (κ1) is 17.2. The molecule has 4 nitrogen and oxygen atoms in total. The number of hydrogen-bond acceptors (Lipinski definition) is 4. The third-order valence-corrected chi connectivity index (χ3v) is 6.86. The van der Waals surface area contributed by atoms with Crippen LogP contribution in [-0.4, -0.2) is 20.5 Å². The molecule has 5 heteroatoms. The molecule has 0 fully saturated rings. The van der Waals surface area contributed by atoms with E-state index in [4.69, 9.17) is 0 Å². The zero-order valence-electron chi connectivity index (χ0n) is 16.2. The number of thioether (sulfide) groups is 1. The molecule has 0 atom stereocenters. The van der Waals surface area contributed by atoms with Crippen molar-refractivity contribution in [3.8, 4) is 0 Å². The maximum absolute atomic E-state index is 4.62. The SMILES string of the molecule is CC(C)n1ccc(SC2=NN=C(Cc3c4c(cc5c3CCC5)CCC4)C2)n1. The minimum atomic E-state index is 0.388. The van der Waals surface area contributed by atoms with Crippen molar-refractivity contribution >= 4 is 22.5 Å². The van der Waals surface area contributed by atoms with Crippen LogP contribution in [-0.2, 0) is 32.1 Å². The van der Waals surface area contributed by atoms with Gasteiger partial charge in [-0.05, 0) is 86.3 Å². The first-order valence-electron chi connectivity index (χ1n) is 10.2. The van der Waals surface area contributed by atoms with Crippen molar-refractivity contribution in [3.05, 3.63) is 46.1 Å². The van der Waals surface area contributed by atoms with Gasteiger partial charge in [0.1, 0.15) is 10.1 Å². The van der Waals surface area contributed by atoms with Crippen LogP contribution >= 0.6 is 11.8 Å². The van der Waals surface area contributed by atoms with Crippen LogP contribution in [0.2, 0.25) is 0 Å². The van der Waals surface area contributed by atoms with Gasteiger partial charge in [0.05, 0.1) is 5.71 Å². The van der Waals surface area contributed by atoms with Crippen molar-refractivity contribution in [1.29, 1.82) is 0 Å². The average molecular weight is 379 g/mol. The second kappa shape index (κ2) is 6.93. The predicted molar refractivity (Wildman–Crippen MR) is 112 cm³/mol. The molecular weight excluding hydrogens is 352 g/mol. The summed E-state index contributed by atoms with van der Waals surface area (Å²) >= 11 is 1.66. The van der Waals surface area contributed by atoms with Gasteiger partial charge in [0.15, 0.2) is 0 Å². The van der Waals surface area contributed by atoms with Crippen LogP contribution in [0.15, 0.2) is 33.6 Å². The van der Waals surface area contributed by atoms with E-state index in [2.05, 4.69) is 41.3 Å². The summed E-state index contributed by atoms with van der Waals surface area (Å²) in [6, 6.07) is 4.97. The van der Waals surface area contributed by atoms with Gasteiger partial charge in [0.2, 0.25) is 0 Å². The highest BCUT2D eigenvalue weighted by atomic mass is 32.2. The van der Waals surface area contributed by atoms with Gasteiger partial charge in [-0.3, -0.25) is 4.68 Å². The predicted octanol–water partition coefficient (Wildman–Crippen LogP) is 4.93. The molecule has 0 saturated carbocycles. The molecule has 1 aromatic heterocycles. The van der Waals surface area contributed by atoms with Crippen LogP contribution < -0.4 is 0 Å². The van der Waals surface area contributed by atoms with E-state index in [-0.39, 0.29) is 0 Å². The molecule has 0 N–H and O–H groups in total. The summed E-state index contributed by atoms with van der Waals surface area (Å²) < 4.78 is 2.00. The minimum absolute atomic E-state index is 0.388. The second-order valence-electron chi connectivity index (χ2n) is 8.18. The van der Waals surface area contributed by atoms with Crippen LogP contribution in [0.1, 0.15) is 67.0 Å². The minimum Gasteiger partial charge on any atom is -0.269 e. The molecule has 0 radical (unpaired) electrons. The first-order valence-corrected chi connectivity index (χ1v) is 11.0. The molecular formula is C22H26N4S. The normalized spacial score (nSPS) is 18.0. The summed E-state index contributed by atoms with van der Waals surface area (Å²) in [4.78, 5) is 0. The van der Waals surface area contributed by atoms with E-state index in [1.807, 2.05) is 10.9 Å². The molecule has 2 aliphatic carbocycles. The van der Waals surface area contributed by atoms with E-state index in [1.165, 1.54) is 44.2 Å². The van der Waals surface area contributed by atoms with Crippen LogP contribution in [0, 0.1) is 0 Å². The Morgan fingerprint density at radius 2 is 1.78 bits per heavy atom. The number of benzene rings is 1. The lowest BCUT2D eigenvalue weighted by Gasteiger charge is -2.15. The molecule has 2 aromatic rings. The van der Waals surface area contributed by atoms with Crippen LogP contribution in [0.5, 0.6) is 0 Å². The molecule has 0 amide bonds. The Labute approximate surface area is 165 Å². The van der Waals surface area contributed by atoms with E-state index >= 15 is 0 Å². The van der Waals surface area contributed by atoms with Crippen LogP contribution in [0.3, 0.4) is 0 Å². The van der Waals surface area contributed by atoms with Crippen molar-refractivity contribution in [2.75, 3.05) is 0 Å². The van der Waals surface area contributed by atoms with Gasteiger partial charge >= 0.3 is 0 Å². The largest absolute Gasteiger partial charge is 0.269 e. The lowest BCUT2D eigenvalue weighted by Crippen LogP contribution is -2.09. The monoisotopic (exact) mass is 378 g/mol. The zero-order valence-corrected chi connectivity index (χ0v) is 17.0. The van der Waals surface area contributed by atoms with Crippen LogP contribution in [0.4, 0.5) is 0 Å². The zero-order chi connectivity index (χ0) is 18.4. The quantitative estimate of drug-likeness (QED) is 0.757. The maximum Gasteiger partial charge on any atom is 0.124 e. The molecule has 5 rings (SSSR count). The molecule has 0 saturated heterocycles. The summed E-state index contributed by atoms with van der Waals surface area (Å²) in [5.41, 5.74) is 9.31. The molecule has 2 heterocycles. The van der Waals surface area contributed by atoms with E-state index in [0.29, 0.717) is 6.04 Å². The summed E-state index contributed by atoms with van der Waals surface area (Å²) in [6.07, 6.45) is 11.6. The lowest BCUT2D eigenvalue weighted by molar-refractivity contribution is 0.522. The Morgan fingerprint density at radius 1 is 1.04 bits per heavy atom. The van der Waals surface area contributed by atoms with Crippen LogP contribution in [0.25, 0.3) is 0 Å². The van der Waals surface area contributed by atoms with E-state index in [1.54, 1.807) is 39.6 Å². The number of hydrogen-bond donors (Lipinski definition) is 0. The number of aryl methyl sites for hydroxylation is 2. The van der Waals surface area contributed by atoms with Gasteiger partial charge in [-0.2, -0.15) is 10.2 Å². The van der Waals surface area contributed by atoms with Crippen molar-refractivity contribution < 1.29 is 0 Å².